The second-order valence-corrected chi connectivity index (χ2v) is 12.2. The monoisotopic (exact) mass is 590 g/mol. The van der Waals surface area contributed by atoms with Crippen molar-refractivity contribution >= 4 is 56.0 Å². The van der Waals surface area contributed by atoms with Crippen molar-refractivity contribution in [2.45, 2.75) is 31.2 Å². The fraction of sp³-hybridized carbons (Fsp3) is 0.320. The van der Waals surface area contributed by atoms with Gasteiger partial charge in [-0.2, -0.15) is 17.5 Å². The summed E-state index contributed by atoms with van der Waals surface area (Å²) in [4.78, 5) is 2.27. The van der Waals surface area contributed by atoms with E-state index in [-0.39, 0.29) is 30.1 Å². The topological polar surface area (TPSA) is 60.9 Å². The second-order valence-electron chi connectivity index (χ2n) is 8.94. The van der Waals surface area contributed by atoms with Crippen molar-refractivity contribution in [2.24, 2.45) is 0 Å². The molecule has 198 valence electrons. The van der Waals surface area contributed by atoms with Crippen molar-refractivity contribution < 1.29 is 26.7 Å². The number of aliphatic hydroxyl groups is 1. The average Bonchev–Trinajstić information content (AvgIpc) is 2.84. The van der Waals surface area contributed by atoms with Gasteiger partial charge < -0.3 is 10.0 Å². The van der Waals surface area contributed by atoms with Crippen LogP contribution in [0.2, 0.25) is 10.0 Å². The van der Waals surface area contributed by atoms with Gasteiger partial charge in [-0.25, -0.2) is 8.42 Å². The molecule has 0 radical (unpaired) electrons. The maximum Gasteiger partial charge on any atom is 0.421 e. The summed E-state index contributed by atoms with van der Waals surface area (Å²) >= 11 is 18.0. The summed E-state index contributed by atoms with van der Waals surface area (Å²) < 4.78 is 68.3. The number of thiocarbonyl (C=S) groups is 1. The standard InChI is InChI=1S/C25H23Cl2F3N2O3S2/c1-24(33,25(28,29)30)16-6-9-18(10-7-16)32-13-12-31(37(34,35)23-5-3-2-4-22(23)36)15-21(32)19-14-17(26)8-11-20(19)27/h2-3,5-11,14,21,33H,4,12-13,15H2,1H3/t21-,24-/m0/s1. The molecule has 5 nitrogen and oxygen atoms in total. The van der Waals surface area contributed by atoms with Crippen LogP contribution in [0.1, 0.15) is 30.5 Å². The molecule has 2 aromatic carbocycles. The molecule has 2 aromatic rings. The van der Waals surface area contributed by atoms with Crippen molar-refractivity contribution in [3.63, 3.8) is 0 Å². The second kappa shape index (κ2) is 10.3. The van der Waals surface area contributed by atoms with Crippen LogP contribution in [-0.4, -0.2) is 48.5 Å². The van der Waals surface area contributed by atoms with E-state index in [0.29, 0.717) is 39.5 Å². The van der Waals surface area contributed by atoms with Crippen molar-refractivity contribution in [3.05, 3.63) is 86.8 Å². The molecule has 0 bridgehead atoms. The van der Waals surface area contributed by atoms with Crippen LogP contribution in [-0.2, 0) is 15.6 Å². The van der Waals surface area contributed by atoms with Crippen LogP contribution in [0.5, 0.6) is 0 Å². The quantitative estimate of drug-likeness (QED) is 0.422. The molecule has 0 aromatic heterocycles. The Labute approximate surface area is 228 Å². The van der Waals surface area contributed by atoms with Crippen molar-refractivity contribution in [1.29, 1.82) is 0 Å². The van der Waals surface area contributed by atoms with Gasteiger partial charge in [0.05, 0.1) is 10.9 Å². The van der Waals surface area contributed by atoms with Crippen LogP contribution in [0, 0.1) is 0 Å². The summed E-state index contributed by atoms with van der Waals surface area (Å²) in [6.07, 6.45) is 0.433. The molecule has 0 spiro atoms. The van der Waals surface area contributed by atoms with Gasteiger partial charge in [-0.15, -0.1) is 0 Å². The summed E-state index contributed by atoms with van der Waals surface area (Å²) in [5, 5.41) is 10.8. The first-order valence-electron chi connectivity index (χ1n) is 11.2. The number of halogens is 5. The average molecular weight is 592 g/mol. The van der Waals surface area contributed by atoms with Crippen molar-refractivity contribution in [2.75, 3.05) is 24.5 Å². The van der Waals surface area contributed by atoms with E-state index in [0.717, 1.165) is 0 Å². The number of sulfonamides is 1. The lowest BCUT2D eigenvalue weighted by Gasteiger charge is -2.43. The van der Waals surface area contributed by atoms with Gasteiger partial charge in [0, 0.05) is 46.7 Å². The highest BCUT2D eigenvalue weighted by Crippen LogP contribution is 2.41. The maximum absolute atomic E-state index is 13.5. The number of benzene rings is 2. The van der Waals surface area contributed by atoms with E-state index in [2.05, 4.69) is 0 Å². The zero-order chi connectivity index (χ0) is 27.2. The third-order valence-corrected chi connectivity index (χ3v) is 9.60. The third-order valence-electron chi connectivity index (χ3n) is 6.55. The Balaban J connectivity index is 1.72. The Morgan fingerprint density at radius 1 is 1.08 bits per heavy atom. The number of hydrogen-bond acceptors (Lipinski definition) is 5. The van der Waals surface area contributed by atoms with E-state index in [1.165, 1.54) is 34.6 Å². The SMILES string of the molecule is C[C@](O)(c1ccc(N2CCN(S(=O)(=O)C3=CC=CCC3=S)C[C@H]2c2cc(Cl)ccc2Cl)cc1)C(F)(F)F. The van der Waals surface area contributed by atoms with Crippen LogP contribution in [0.15, 0.2) is 65.6 Å². The number of rotatable bonds is 5. The first-order valence-corrected chi connectivity index (χ1v) is 13.9. The van der Waals surface area contributed by atoms with E-state index in [1.54, 1.807) is 30.4 Å². The summed E-state index contributed by atoms with van der Waals surface area (Å²) in [6, 6.07) is 9.62. The summed E-state index contributed by atoms with van der Waals surface area (Å²) in [5.74, 6) is 0. The molecule has 37 heavy (non-hydrogen) atoms. The first-order chi connectivity index (χ1) is 17.2. The molecule has 1 N–H and O–H groups in total. The molecule has 4 rings (SSSR count). The minimum atomic E-state index is -4.85. The van der Waals surface area contributed by atoms with Gasteiger partial charge >= 0.3 is 6.18 Å². The number of hydrogen-bond donors (Lipinski definition) is 1. The van der Waals surface area contributed by atoms with Crippen molar-refractivity contribution in [1.82, 2.24) is 4.31 Å². The van der Waals surface area contributed by atoms with Gasteiger partial charge in [-0.05, 0) is 54.5 Å². The molecule has 1 aliphatic heterocycles. The molecular formula is C25H23Cl2F3N2O3S2. The molecule has 1 heterocycles. The lowest BCUT2D eigenvalue weighted by Crippen LogP contribution is -2.51. The zero-order valence-electron chi connectivity index (χ0n) is 19.5. The van der Waals surface area contributed by atoms with Crippen LogP contribution in [0.4, 0.5) is 18.9 Å². The lowest BCUT2D eigenvalue weighted by atomic mass is 9.94. The van der Waals surface area contributed by atoms with Gasteiger partial charge in [-0.1, -0.05) is 59.7 Å². The minimum Gasteiger partial charge on any atom is -0.376 e. The maximum atomic E-state index is 13.5. The van der Waals surface area contributed by atoms with E-state index >= 15 is 0 Å². The number of allylic oxidation sites excluding steroid dienone is 4. The molecule has 2 aliphatic rings. The Hall–Kier alpha value is -1.95. The molecule has 1 aliphatic carbocycles. The molecule has 0 unspecified atom stereocenters. The molecule has 2 atom stereocenters. The van der Waals surface area contributed by atoms with Crippen LogP contribution in [0.25, 0.3) is 0 Å². The van der Waals surface area contributed by atoms with Gasteiger partial charge in [-0.3, -0.25) is 0 Å². The zero-order valence-corrected chi connectivity index (χ0v) is 22.7. The van der Waals surface area contributed by atoms with Crippen LogP contribution in [0.3, 0.4) is 0 Å². The number of alkyl halides is 3. The number of anilines is 1. The molecular weight excluding hydrogens is 568 g/mol. The fourth-order valence-electron chi connectivity index (χ4n) is 4.36. The Kier molecular flexibility index (Phi) is 7.82. The Bertz CT molecular complexity index is 1370. The summed E-state index contributed by atoms with van der Waals surface area (Å²) in [5.41, 5.74) is -2.22. The summed E-state index contributed by atoms with van der Waals surface area (Å²) in [7, 11) is -3.91. The van der Waals surface area contributed by atoms with Gasteiger partial charge in [0.25, 0.3) is 0 Å². The largest absolute Gasteiger partial charge is 0.421 e. The Morgan fingerprint density at radius 2 is 1.76 bits per heavy atom. The predicted octanol–water partition coefficient (Wildman–Crippen LogP) is 6.17. The van der Waals surface area contributed by atoms with E-state index < -0.39 is 27.8 Å². The highest BCUT2D eigenvalue weighted by molar-refractivity contribution is 7.96. The molecule has 1 saturated heterocycles. The number of nitrogens with zero attached hydrogens (tertiary/aromatic N) is 2. The lowest BCUT2D eigenvalue weighted by molar-refractivity contribution is -0.258. The van der Waals surface area contributed by atoms with Gasteiger partial charge in [0.1, 0.15) is 0 Å². The van der Waals surface area contributed by atoms with E-state index in [9.17, 15) is 26.7 Å². The molecule has 12 heteroatoms. The van der Waals surface area contributed by atoms with E-state index in [1.807, 2.05) is 4.90 Å². The highest BCUT2D eigenvalue weighted by Gasteiger charge is 2.51. The minimum absolute atomic E-state index is 0.00802. The molecule has 0 saturated carbocycles. The summed E-state index contributed by atoms with van der Waals surface area (Å²) in [6.45, 7) is 1.04. The van der Waals surface area contributed by atoms with Crippen molar-refractivity contribution in [3.8, 4) is 0 Å². The normalized spacial score (nSPS) is 21.1. The van der Waals surface area contributed by atoms with Gasteiger partial charge in [0.15, 0.2) is 5.60 Å². The molecule has 1 fully saturated rings. The third kappa shape index (κ3) is 5.46. The van der Waals surface area contributed by atoms with Gasteiger partial charge in [0.2, 0.25) is 10.0 Å². The highest BCUT2D eigenvalue weighted by atomic mass is 35.5. The number of piperazine rings is 1. The Morgan fingerprint density at radius 3 is 2.38 bits per heavy atom. The van der Waals surface area contributed by atoms with Crippen LogP contribution >= 0.6 is 35.4 Å². The fourth-order valence-corrected chi connectivity index (χ4v) is 6.82. The smallest absolute Gasteiger partial charge is 0.376 e. The predicted molar refractivity (Wildman–Crippen MR) is 144 cm³/mol. The first kappa shape index (κ1) is 28.1. The molecule has 0 amide bonds. The van der Waals surface area contributed by atoms with E-state index in [4.69, 9.17) is 35.4 Å². The van der Waals surface area contributed by atoms with Crippen LogP contribution < -0.4 is 4.90 Å².